The highest BCUT2D eigenvalue weighted by atomic mass is 35.5. The Kier molecular flexibility index (Phi) is 6.59. The van der Waals surface area contributed by atoms with Gasteiger partial charge in [0.2, 0.25) is 5.95 Å². The summed E-state index contributed by atoms with van der Waals surface area (Å²) in [6, 6.07) is 7.44. The van der Waals surface area contributed by atoms with E-state index in [0.29, 0.717) is 23.1 Å². The Hall–Kier alpha value is -2.48. The molecule has 8 heteroatoms. The summed E-state index contributed by atoms with van der Waals surface area (Å²) in [5.74, 6) is 0.413. The Morgan fingerprint density at radius 1 is 1.09 bits per heavy atom. The molecule has 1 unspecified atom stereocenters. The van der Waals surface area contributed by atoms with E-state index in [4.69, 9.17) is 11.6 Å². The lowest BCUT2D eigenvalue weighted by Gasteiger charge is -2.53. The summed E-state index contributed by atoms with van der Waals surface area (Å²) in [5, 5.41) is 4.62. The fourth-order valence-corrected chi connectivity index (χ4v) is 6.38. The quantitative estimate of drug-likeness (QED) is 0.569. The highest BCUT2D eigenvalue weighted by Crippen LogP contribution is 2.44. The van der Waals surface area contributed by atoms with Crippen LogP contribution in [0.5, 0.6) is 0 Å². The van der Waals surface area contributed by atoms with Crippen molar-refractivity contribution in [3.63, 3.8) is 0 Å². The Labute approximate surface area is 212 Å². The molecule has 1 aliphatic carbocycles. The van der Waals surface area contributed by atoms with E-state index in [0.717, 1.165) is 49.9 Å². The molecule has 1 amide bonds. The molecular formula is C27H35ClN6O. The van der Waals surface area contributed by atoms with Gasteiger partial charge in [-0.15, -0.1) is 0 Å². The zero-order chi connectivity index (χ0) is 24.6. The molecule has 0 bridgehead atoms. The van der Waals surface area contributed by atoms with Crippen molar-refractivity contribution in [1.82, 2.24) is 29.7 Å². The van der Waals surface area contributed by atoms with Crippen LogP contribution in [0.4, 0.5) is 0 Å². The molecular weight excluding hydrogens is 460 g/mol. The van der Waals surface area contributed by atoms with Crippen molar-refractivity contribution in [2.45, 2.75) is 45.1 Å². The van der Waals surface area contributed by atoms with Gasteiger partial charge in [0.25, 0.3) is 5.91 Å². The van der Waals surface area contributed by atoms with Gasteiger partial charge in [0.15, 0.2) is 0 Å². The number of fused-ring (bicyclic) bond motifs is 1. The van der Waals surface area contributed by atoms with Gasteiger partial charge in [-0.1, -0.05) is 37.9 Å². The first-order chi connectivity index (χ1) is 16.8. The molecule has 35 heavy (non-hydrogen) atoms. The number of hydrogen-bond donors (Lipinski definition) is 1. The number of carbonyl (C=O) groups is 1. The average molecular weight is 495 g/mol. The molecule has 2 fully saturated rings. The number of nitrogens with zero attached hydrogens (tertiary/aromatic N) is 5. The fourth-order valence-electron chi connectivity index (χ4n) is 6.11. The van der Waals surface area contributed by atoms with Crippen LogP contribution < -0.4 is 5.32 Å². The van der Waals surface area contributed by atoms with E-state index in [1.165, 1.54) is 12.8 Å². The van der Waals surface area contributed by atoms with E-state index in [2.05, 4.69) is 46.0 Å². The van der Waals surface area contributed by atoms with Gasteiger partial charge in [-0.05, 0) is 49.9 Å². The number of likely N-dealkylation sites (N-methyl/N-ethyl adjacent to an activating group) is 1. The minimum absolute atomic E-state index is 0.0244. The number of rotatable bonds is 5. The van der Waals surface area contributed by atoms with Crippen LogP contribution in [0.1, 0.15) is 49.9 Å². The zero-order valence-electron chi connectivity index (χ0n) is 20.9. The molecule has 2 aromatic heterocycles. The number of halogens is 1. The summed E-state index contributed by atoms with van der Waals surface area (Å²) in [6.07, 6.45) is 9.83. The van der Waals surface area contributed by atoms with Gasteiger partial charge in [0.05, 0.1) is 16.1 Å². The van der Waals surface area contributed by atoms with Gasteiger partial charge in [0.1, 0.15) is 0 Å². The van der Waals surface area contributed by atoms with Crippen LogP contribution in [0.25, 0.3) is 16.9 Å². The van der Waals surface area contributed by atoms with Crippen molar-refractivity contribution in [1.29, 1.82) is 0 Å². The van der Waals surface area contributed by atoms with Crippen molar-refractivity contribution < 1.29 is 4.79 Å². The lowest BCUT2D eigenvalue weighted by atomic mass is 9.67. The fraction of sp³-hybridized carbons (Fsp3) is 0.519. The number of amides is 1. The van der Waals surface area contributed by atoms with Crippen molar-refractivity contribution in [3.8, 4) is 5.95 Å². The van der Waals surface area contributed by atoms with Crippen LogP contribution in [-0.2, 0) is 0 Å². The molecule has 7 nitrogen and oxygen atoms in total. The Balaban J connectivity index is 1.45. The summed E-state index contributed by atoms with van der Waals surface area (Å²) in [7, 11) is 2.19. The van der Waals surface area contributed by atoms with Crippen LogP contribution in [0.2, 0.25) is 5.02 Å². The second-order valence-corrected chi connectivity index (χ2v) is 11.4. The minimum atomic E-state index is -0.102. The number of nitrogens with one attached hydrogen (secondary N) is 1. The van der Waals surface area contributed by atoms with Crippen LogP contribution in [0.3, 0.4) is 0 Å². The molecule has 1 saturated heterocycles. The van der Waals surface area contributed by atoms with Crippen LogP contribution >= 0.6 is 11.6 Å². The molecule has 1 aromatic carbocycles. The predicted octanol–water partition coefficient (Wildman–Crippen LogP) is 4.39. The molecule has 186 valence electrons. The number of piperazine rings is 1. The van der Waals surface area contributed by atoms with E-state index in [1.807, 2.05) is 29.0 Å². The summed E-state index contributed by atoms with van der Waals surface area (Å²) < 4.78 is 1.84. The topological polar surface area (TPSA) is 66.3 Å². The Bertz CT molecular complexity index is 1200. The number of carbonyl (C=O) groups excluding carboxylic acids is 1. The first-order valence-electron chi connectivity index (χ1n) is 12.6. The molecule has 1 aliphatic heterocycles. The van der Waals surface area contributed by atoms with Gasteiger partial charge in [-0.25, -0.2) is 9.97 Å². The van der Waals surface area contributed by atoms with Gasteiger partial charge >= 0.3 is 0 Å². The van der Waals surface area contributed by atoms with Crippen molar-refractivity contribution >= 4 is 28.4 Å². The third kappa shape index (κ3) is 4.82. The van der Waals surface area contributed by atoms with Crippen molar-refractivity contribution in [3.05, 3.63) is 53.4 Å². The van der Waals surface area contributed by atoms with E-state index in [1.54, 1.807) is 18.5 Å². The maximum Gasteiger partial charge on any atom is 0.253 e. The average Bonchev–Trinajstić information content (AvgIpc) is 3.24. The van der Waals surface area contributed by atoms with E-state index >= 15 is 0 Å². The van der Waals surface area contributed by atoms with E-state index < -0.39 is 0 Å². The zero-order valence-corrected chi connectivity index (χ0v) is 21.7. The molecule has 1 atom stereocenters. The SMILES string of the molecule is CN1CCN(C2(CNC(=O)c3cn(-c4ncccn4)c4cccc(Cl)c34)CCCC(C)(C)C2)CC1. The summed E-state index contributed by atoms with van der Waals surface area (Å²) in [6.45, 7) is 9.58. The first-order valence-corrected chi connectivity index (χ1v) is 12.9. The smallest absolute Gasteiger partial charge is 0.253 e. The Morgan fingerprint density at radius 2 is 1.83 bits per heavy atom. The summed E-state index contributed by atoms with van der Waals surface area (Å²) in [4.78, 5) is 27.5. The predicted molar refractivity (Wildman–Crippen MR) is 140 cm³/mol. The van der Waals surface area contributed by atoms with Crippen LogP contribution in [-0.4, -0.2) is 75.6 Å². The molecule has 0 spiro atoms. The monoisotopic (exact) mass is 494 g/mol. The highest BCUT2D eigenvalue weighted by Gasteiger charge is 2.45. The normalized spacial score (nSPS) is 23.4. The lowest BCUT2D eigenvalue weighted by molar-refractivity contribution is -0.0192. The number of benzene rings is 1. The standard InChI is InChI=1S/C27H35ClN6O/c1-26(2)9-5-10-27(18-26,33-15-13-32(3)14-16-33)19-31-24(35)20-17-34(25-29-11-6-12-30-25)22-8-4-7-21(28)23(20)22/h4,6-8,11-12,17H,5,9-10,13-16,18-19H2,1-3H3,(H,31,35). The minimum Gasteiger partial charge on any atom is -0.350 e. The second-order valence-electron chi connectivity index (χ2n) is 11.0. The molecule has 1 saturated carbocycles. The van der Waals surface area contributed by atoms with Gasteiger partial charge in [-0.2, -0.15) is 0 Å². The molecule has 0 radical (unpaired) electrons. The van der Waals surface area contributed by atoms with Gasteiger partial charge in [0, 0.05) is 62.2 Å². The van der Waals surface area contributed by atoms with Crippen LogP contribution in [0.15, 0.2) is 42.9 Å². The van der Waals surface area contributed by atoms with Crippen molar-refractivity contribution in [2.24, 2.45) is 5.41 Å². The number of aromatic nitrogens is 3. The number of hydrogen-bond acceptors (Lipinski definition) is 5. The third-order valence-electron chi connectivity index (χ3n) is 7.85. The second kappa shape index (κ2) is 9.52. The molecule has 3 aromatic rings. The van der Waals surface area contributed by atoms with Crippen molar-refractivity contribution in [2.75, 3.05) is 39.8 Å². The summed E-state index contributed by atoms with van der Waals surface area (Å²) >= 11 is 6.61. The lowest BCUT2D eigenvalue weighted by Crippen LogP contribution is -2.63. The highest BCUT2D eigenvalue weighted by molar-refractivity contribution is 6.37. The molecule has 5 rings (SSSR count). The van der Waals surface area contributed by atoms with Crippen LogP contribution in [0, 0.1) is 5.41 Å². The first kappa shape index (κ1) is 24.2. The van der Waals surface area contributed by atoms with E-state index in [-0.39, 0.29) is 16.9 Å². The molecule has 1 N–H and O–H groups in total. The summed E-state index contributed by atoms with van der Waals surface area (Å²) in [5.41, 5.74) is 1.61. The molecule has 3 heterocycles. The Morgan fingerprint density at radius 3 is 2.54 bits per heavy atom. The van der Waals surface area contributed by atoms with Gasteiger partial charge in [-0.3, -0.25) is 14.3 Å². The van der Waals surface area contributed by atoms with E-state index in [9.17, 15) is 4.79 Å². The van der Waals surface area contributed by atoms with Gasteiger partial charge < -0.3 is 10.2 Å². The largest absolute Gasteiger partial charge is 0.350 e. The maximum atomic E-state index is 13.7. The maximum absolute atomic E-state index is 13.7. The third-order valence-corrected chi connectivity index (χ3v) is 8.16. The molecule has 2 aliphatic rings.